The van der Waals surface area contributed by atoms with E-state index in [0.717, 1.165) is 28.9 Å². The number of aromatic nitrogens is 4. The molecular formula is C24H30ClFN6O2. The number of fused-ring (bicyclic) bond motifs is 1. The second-order valence-electron chi connectivity index (χ2n) is 9.96. The van der Waals surface area contributed by atoms with E-state index in [-0.39, 0.29) is 5.92 Å². The minimum absolute atomic E-state index is 0.261. The van der Waals surface area contributed by atoms with E-state index >= 15 is 4.39 Å². The lowest BCUT2D eigenvalue weighted by Crippen LogP contribution is -2.54. The van der Waals surface area contributed by atoms with Gasteiger partial charge in [0.2, 0.25) is 5.95 Å². The standard InChI is InChI=1S/C24H30ClFN6O2/c1-14-22(9-28-32(14)13-24(2,3)33)30-23-27-8-15-6-19(25)18(7-21(15)29-23)17-4-5-31(10-20(17)26)16-11-34-12-16/h6-9,16-17,20,33H,4-5,10-13H2,1-3H3,(H,27,29,30). The van der Waals surface area contributed by atoms with Crippen molar-refractivity contribution in [1.29, 1.82) is 0 Å². The third kappa shape index (κ3) is 4.75. The molecule has 2 N–H and O–H groups in total. The predicted octanol–water partition coefficient (Wildman–Crippen LogP) is 3.83. The lowest BCUT2D eigenvalue weighted by Gasteiger charge is -2.43. The number of benzene rings is 1. The Morgan fingerprint density at radius 2 is 2.09 bits per heavy atom. The molecule has 2 aromatic heterocycles. The first kappa shape index (κ1) is 23.4. The Morgan fingerprint density at radius 3 is 2.76 bits per heavy atom. The highest BCUT2D eigenvalue weighted by Crippen LogP contribution is 2.37. The number of likely N-dealkylation sites (tertiary alicyclic amines) is 1. The van der Waals surface area contributed by atoms with Gasteiger partial charge in [-0.2, -0.15) is 5.10 Å². The van der Waals surface area contributed by atoms with E-state index < -0.39 is 11.8 Å². The lowest BCUT2D eigenvalue weighted by atomic mass is 9.86. The van der Waals surface area contributed by atoms with Crippen LogP contribution in [0.3, 0.4) is 0 Å². The van der Waals surface area contributed by atoms with Gasteiger partial charge in [0.25, 0.3) is 0 Å². The van der Waals surface area contributed by atoms with Crippen LogP contribution in [0.4, 0.5) is 16.0 Å². The van der Waals surface area contributed by atoms with Crippen LogP contribution in [0.25, 0.3) is 10.9 Å². The summed E-state index contributed by atoms with van der Waals surface area (Å²) in [6.07, 6.45) is 3.12. The van der Waals surface area contributed by atoms with Gasteiger partial charge in [0, 0.05) is 29.1 Å². The largest absolute Gasteiger partial charge is 0.389 e. The second kappa shape index (κ2) is 9.03. The summed E-state index contributed by atoms with van der Waals surface area (Å²) < 4.78 is 22.2. The number of nitrogens with zero attached hydrogens (tertiary/aromatic N) is 5. The zero-order chi connectivity index (χ0) is 24.0. The van der Waals surface area contributed by atoms with Crippen molar-refractivity contribution in [2.24, 2.45) is 0 Å². The molecule has 182 valence electrons. The van der Waals surface area contributed by atoms with E-state index in [1.165, 1.54) is 0 Å². The molecule has 0 radical (unpaired) electrons. The monoisotopic (exact) mass is 488 g/mol. The first-order valence-electron chi connectivity index (χ1n) is 11.6. The van der Waals surface area contributed by atoms with Crippen LogP contribution in [0.2, 0.25) is 5.02 Å². The Labute approximate surface area is 203 Å². The summed E-state index contributed by atoms with van der Waals surface area (Å²) in [6.45, 7) is 8.39. The molecule has 2 aliphatic heterocycles. The van der Waals surface area contributed by atoms with Gasteiger partial charge in [-0.25, -0.2) is 14.4 Å². The van der Waals surface area contributed by atoms with Gasteiger partial charge in [-0.3, -0.25) is 9.58 Å². The van der Waals surface area contributed by atoms with Gasteiger partial charge in [-0.1, -0.05) is 11.6 Å². The fourth-order valence-corrected chi connectivity index (χ4v) is 4.98. The van der Waals surface area contributed by atoms with Crippen LogP contribution in [0.1, 0.15) is 37.4 Å². The van der Waals surface area contributed by atoms with E-state index in [1.54, 1.807) is 30.9 Å². The number of alkyl halides is 1. The first-order valence-corrected chi connectivity index (χ1v) is 12.0. The molecule has 0 amide bonds. The summed E-state index contributed by atoms with van der Waals surface area (Å²) in [5.41, 5.74) is 2.25. The molecule has 3 aromatic rings. The molecule has 2 saturated heterocycles. The van der Waals surface area contributed by atoms with Crippen molar-refractivity contribution in [3.63, 3.8) is 0 Å². The van der Waals surface area contributed by atoms with Crippen molar-refractivity contribution < 1.29 is 14.2 Å². The summed E-state index contributed by atoms with van der Waals surface area (Å²) in [4.78, 5) is 11.3. The molecule has 0 bridgehead atoms. The number of halogens is 2. The van der Waals surface area contributed by atoms with Gasteiger partial charge in [-0.05, 0) is 51.4 Å². The average molecular weight is 489 g/mol. The van der Waals surface area contributed by atoms with Gasteiger partial charge in [-0.15, -0.1) is 0 Å². The average Bonchev–Trinajstić information content (AvgIpc) is 3.05. The molecule has 34 heavy (non-hydrogen) atoms. The molecular weight excluding hydrogens is 459 g/mol. The highest BCUT2D eigenvalue weighted by Gasteiger charge is 2.36. The number of ether oxygens (including phenoxy) is 1. The molecule has 2 fully saturated rings. The molecule has 10 heteroatoms. The second-order valence-corrected chi connectivity index (χ2v) is 10.4. The zero-order valence-corrected chi connectivity index (χ0v) is 20.4. The van der Waals surface area contributed by atoms with Crippen LogP contribution in [0.5, 0.6) is 0 Å². The Kier molecular flexibility index (Phi) is 6.22. The summed E-state index contributed by atoms with van der Waals surface area (Å²) in [5.74, 6) is 0.158. The van der Waals surface area contributed by atoms with E-state index in [1.807, 2.05) is 19.1 Å². The third-order valence-corrected chi connectivity index (χ3v) is 7.02. The van der Waals surface area contributed by atoms with Crippen LogP contribution in [0.15, 0.2) is 24.5 Å². The minimum Gasteiger partial charge on any atom is -0.389 e. The van der Waals surface area contributed by atoms with Crippen LogP contribution in [0, 0.1) is 6.92 Å². The SMILES string of the molecule is Cc1c(Nc2ncc3cc(Cl)c(C4CCN(C5COC5)CC4F)cc3n2)cnn1CC(C)(C)O. The highest BCUT2D eigenvalue weighted by molar-refractivity contribution is 6.32. The molecule has 2 aliphatic rings. The van der Waals surface area contributed by atoms with E-state index in [2.05, 4.69) is 25.3 Å². The van der Waals surface area contributed by atoms with Crippen LogP contribution in [-0.4, -0.2) is 73.9 Å². The third-order valence-electron chi connectivity index (χ3n) is 6.69. The normalized spacial score (nSPS) is 22.2. The van der Waals surface area contributed by atoms with Crippen LogP contribution in [-0.2, 0) is 11.3 Å². The van der Waals surface area contributed by atoms with Gasteiger partial charge in [0.05, 0.1) is 54.5 Å². The van der Waals surface area contributed by atoms with Gasteiger partial charge in [0.15, 0.2) is 0 Å². The summed E-state index contributed by atoms with van der Waals surface area (Å²) in [6, 6.07) is 4.06. The van der Waals surface area contributed by atoms with Crippen molar-refractivity contribution in [3.8, 4) is 0 Å². The Morgan fingerprint density at radius 1 is 1.29 bits per heavy atom. The fraction of sp³-hybridized carbons (Fsp3) is 0.542. The summed E-state index contributed by atoms with van der Waals surface area (Å²) in [5, 5.41) is 19.0. The number of piperidine rings is 1. The Hall–Kier alpha value is -2.33. The van der Waals surface area contributed by atoms with Crippen LogP contribution < -0.4 is 5.32 Å². The number of nitrogens with one attached hydrogen (secondary N) is 1. The Bertz CT molecular complexity index is 1190. The maximum atomic E-state index is 15.2. The van der Waals surface area contributed by atoms with E-state index in [9.17, 15) is 5.11 Å². The van der Waals surface area contributed by atoms with Crippen molar-refractivity contribution in [2.45, 2.75) is 57.5 Å². The molecule has 0 spiro atoms. The summed E-state index contributed by atoms with van der Waals surface area (Å²) >= 11 is 6.58. The first-order chi connectivity index (χ1) is 16.2. The minimum atomic E-state index is -0.993. The predicted molar refractivity (Wildman–Crippen MR) is 130 cm³/mol. The maximum absolute atomic E-state index is 15.2. The molecule has 8 nitrogen and oxygen atoms in total. The van der Waals surface area contributed by atoms with Gasteiger partial charge < -0.3 is 15.2 Å². The van der Waals surface area contributed by atoms with Gasteiger partial charge >= 0.3 is 0 Å². The van der Waals surface area contributed by atoms with Crippen molar-refractivity contribution in [2.75, 3.05) is 31.6 Å². The van der Waals surface area contributed by atoms with Gasteiger partial charge in [0.1, 0.15) is 6.17 Å². The molecule has 0 saturated carbocycles. The number of hydrogen-bond acceptors (Lipinski definition) is 7. The van der Waals surface area contributed by atoms with E-state index in [4.69, 9.17) is 16.3 Å². The van der Waals surface area contributed by atoms with Crippen molar-refractivity contribution in [1.82, 2.24) is 24.6 Å². The summed E-state index contributed by atoms with van der Waals surface area (Å²) in [7, 11) is 0. The number of hydrogen-bond donors (Lipinski definition) is 2. The lowest BCUT2D eigenvalue weighted by molar-refractivity contribution is -0.0806. The number of aliphatic hydroxyl groups is 1. The zero-order valence-electron chi connectivity index (χ0n) is 19.6. The smallest absolute Gasteiger partial charge is 0.227 e. The van der Waals surface area contributed by atoms with Crippen LogP contribution >= 0.6 is 11.6 Å². The quantitative estimate of drug-likeness (QED) is 0.545. The molecule has 2 unspecified atom stereocenters. The number of rotatable bonds is 6. The molecule has 4 heterocycles. The van der Waals surface area contributed by atoms with Crippen molar-refractivity contribution in [3.05, 3.63) is 40.8 Å². The number of anilines is 2. The Balaban J connectivity index is 1.37. The van der Waals surface area contributed by atoms with E-state index in [0.29, 0.717) is 55.3 Å². The van der Waals surface area contributed by atoms with Crippen molar-refractivity contribution >= 4 is 34.1 Å². The highest BCUT2D eigenvalue weighted by atomic mass is 35.5. The molecule has 5 rings (SSSR count). The topological polar surface area (TPSA) is 88.3 Å². The fourth-order valence-electron chi connectivity index (χ4n) is 4.67. The maximum Gasteiger partial charge on any atom is 0.227 e. The molecule has 1 aromatic carbocycles. The molecule has 2 atom stereocenters. The molecule has 0 aliphatic carbocycles.